The van der Waals surface area contributed by atoms with Gasteiger partial charge >= 0.3 is 5.97 Å². The summed E-state index contributed by atoms with van der Waals surface area (Å²) in [5.74, 6) is -0.243. The van der Waals surface area contributed by atoms with Crippen molar-refractivity contribution >= 4 is 17.7 Å². The van der Waals surface area contributed by atoms with Crippen LogP contribution in [0.25, 0.3) is 11.4 Å². The molecule has 8 aromatic rings. The van der Waals surface area contributed by atoms with Gasteiger partial charge in [-0.15, -0.1) is 10.2 Å². The first kappa shape index (κ1) is 45.6. The molecule has 7 aromatic carbocycles. The van der Waals surface area contributed by atoms with E-state index in [9.17, 15) is 9.59 Å². The molecule has 1 aliphatic rings. The summed E-state index contributed by atoms with van der Waals surface area (Å²) in [6.07, 6.45) is 1.25. The lowest BCUT2D eigenvalue weighted by molar-refractivity contribution is 0.0249. The number of ketones is 1. The smallest absolute Gasteiger partial charge is 0.338 e. The summed E-state index contributed by atoms with van der Waals surface area (Å²) in [6, 6.07) is 53.1. The summed E-state index contributed by atoms with van der Waals surface area (Å²) in [5, 5.41) is 15.9. The lowest BCUT2D eigenvalue weighted by atomic mass is 9.94. The second-order valence-electron chi connectivity index (χ2n) is 16.5. The number of amides is 1. The average molecular weight is 920 g/mol. The lowest BCUT2D eigenvalue weighted by Gasteiger charge is -2.23. The molecule has 1 amide bonds. The number of rotatable bonds is 19. The van der Waals surface area contributed by atoms with E-state index in [1.807, 2.05) is 121 Å². The Balaban J connectivity index is 1.03. The summed E-state index contributed by atoms with van der Waals surface area (Å²) in [6.45, 7) is 0.679. The van der Waals surface area contributed by atoms with Crippen molar-refractivity contribution in [2.24, 2.45) is 7.05 Å². The van der Waals surface area contributed by atoms with Crippen molar-refractivity contribution in [1.29, 1.82) is 0 Å². The summed E-state index contributed by atoms with van der Waals surface area (Å²) in [4.78, 5) is 44.9. The van der Waals surface area contributed by atoms with Crippen LogP contribution in [0.4, 0.5) is 0 Å². The van der Waals surface area contributed by atoms with Crippen LogP contribution in [0.15, 0.2) is 176 Å². The van der Waals surface area contributed by atoms with Crippen LogP contribution in [-0.4, -0.2) is 50.0 Å². The van der Waals surface area contributed by atoms with Crippen LogP contribution >= 0.6 is 0 Å². The van der Waals surface area contributed by atoms with Gasteiger partial charge in [-0.2, -0.15) is 4.80 Å². The highest BCUT2D eigenvalue weighted by molar-refractivity contribution is 6.17. The van der Waals surface area contributed by atoms with Gasteiger partial charge in [-0.1, -0.05) is 133 Å². The topological polar surface area (TPSA) is 153 Å². The molecule has 2 atom stereocenters. The standard InChI is InChI=1S/C56H49N5O8/c1-61-59-54(58-60-61)45-24-14-27-48(66-35-39-18-8-3-9-19-39)51(45)53(62)52-49(67-36-40-20-10-4-11-21-40)32-43(33-50(52)68-37-41-22-12-5-13-23-41)56(64)69-47-26-15-25-46(47)57-55(63)42-28-30-44(31-29-42)65-34-38-16-6-2-7-17-38/h2-14,16-24,27-33,46-47H,15,25-26,34-37H2,1H3,(H,57,63). The van der Waals surface area contributed by atoms with Gasteiger partial charge in [0.25, 0.3) is 5.91 Å². The number of carbonyl (C=O) groups is 3. The predicted octanol–water partition coefficient (Wildman–Crippen LogP) is 9.93. The molecule has 13 heteroatoms. The Labute approximate surface area is 399 Å². The summed E-state index contributed by atoms with van der Waals surface area (Å²) < 4.78 is 31.6. The number of esters is 1. The fraction of sp³-hybridized carbons (Fsp3) is 0.179. The van der Waals surface area contributed by atoms with Gasteiger partial charge in [0.15, 0.2) is 0 Å². The molecule has 1 aromatic heterocycles. The van der Waals surface area contributed by atoms with Gasteiger partial charge in [0.2, 0.25) is 11.6 Å². The van der Waals surface area contributed by atoms with E-state index < -0.39 is 23.9 Å². The Morgan fingerprint density at radius 2 is 1.09 bits per heavy atom. The van der Waals surface area contributed by atoms with Crippen molar-refractivity contribution in [3.63, 3.8) is 0 Å². The highest BCUT2D eigenvalue weighted by atomic mass is 16.5. The minimum absolute atomic E-state index is 0.0433. The summed E-state index contributed by atoms with van der Waals surface area (Å²) in [5.41, 5.74) is 4.67. The Kier molecular flexibility index (Phi) is 14.4. The maximum atomic E-state index is 15.6. The van der Waals surface area contributed by atoms with E-state index >= 15 is 4.79 Å². The van der Waals surface area contributed by atoms with Gasteiger partial charge < -0.3 is 29.0 Å². The van der Waals surface area contributed by atoms with Gasteiger partial charge in [0.1, 0.15) is 61.1 Å². The number of carbonyl (C=O) groups excluding carboxylic acids is 3. The molecule has 1 fully saturated rings. The number of nitrogens with one attached hydrogen (secondary N) is 1. The van der Waals surface area contributed by atoms with Crippen molar-refractivity contribution in [1.82, 2.24) is 25.5 Å². The van der Waals surface area contributed by atoms with E-state index in [-0.39, 0.29) is 65.5 Å². The molecule has 69 heavy (non-hydrogen) atoms. The number of hydrogen-bond acceptors (Lipinski definition) is 11. The zero-order valence-corrected chi connectivity index (χ0v) is 37.9. The van der Waals surface area contributed by atoms with E-state index in [1.54, 1.807) is 49.5 Å². The van der Waals surface area contributed by atoms with Crippen LogP contribution in [0.1, 0.15) is 78.2 Å². The van der Waals surface area contributed by atoms with Gasteiger partial charge in [0, 0.05) is 11.1 Å². The molecule has 0 spiro atoms. The Morgan fingerprint density at radius 3 is 1.61 bits per heavy atom. The lowest BCUT2D eigenvalue weighted by Crippen LogP contribution is -2.42. The van der Waals surface area contributed by atoms with Gasteiger partial charge in [-0.05, 0) is 89.2 Å². The van der Waals surface area contributed by atoms with Gasteiger partial charge in [-0.3, -0.25) is 9.59 Å². The molecule has 346 valence electrons. The van der Waals surface area contributed by atoms with E-state index in [0.717, 1.165) is 28.7 Å². The largest absolute Gasteiger partial charge is 0.489 e. The third-order valence-corrected chi connectivity index (χ3v) is 11.6. The van der Waals surface area contributed by atoms with Crippen molar-refractivity contribution in [2.75, 3.05) is 0 Å². The minimum atomic E-state index is -0.676. The second-order valence-corrected chi connectivity index (χ2v) is 16.5. The molecule has 0 saturated heterocycles. The van der Waals surface area contributed by atoms with Crippen molar-refractivity contribution in [3.05, 3.63) is 220 Å². The third-order valence-electron chi connectivity index (χ3n) is 11.6. The van der Waals surface area contributed by atoms with E-state index in [4.69, 9.17) is 23.7 Å². The molecule has 1 aliphatic carbocycles. The van der Waals surface area contributed by atoms with Crippen LogP contribution in [0.2, 0.25) is 0 Å². The molecule has 2 unspecified atom stereocenters. The molecule has 13 nitrogen and oxygen atoms in total. The number of hydrogen-bond donors (Lipinski definition) is 1. The first-order valence-electron chi connectivity index (χ1n) is 22.7. The van der Waals surface area contributed by atoms with Crippen molar-refractivity contribution < 1.29 is 38.1 Å². The molecular weight excluding hydrogens is 871 g/mol. The minimum Gasteiger partial charge on any atom is -0.489 e. The molecule has 1 N–H and O–H groups in total. The Bertz CT molecular complexity index is 2940. The second kappa shape index (κ2) is 21.8. The van der Waals surface area contributed by atoms with Crippen LogP contribution in [0, 0.1) is 0 Å². The number of aromatic nitrogens is 4. The Hall–Kier alpha value is -8.58. The van der Waals surface area contributed by atoms with Gasteiger partial charge in [-0.25, -0.2) is 4.79 Å². The molecule has 0 bridgehead atoms. The van der Waals surface area contributed by atoms with E-state index in [0.29, 0.717) is 36.3 Å². The fourth-order valence-corrected chi connectivity index (χ4v) is 8.09. The van der Waals surface area contributed by atoms with Crippen LogP contribution in [-0.2, 0) is 38.2 Å². The van der Waals surface area contributed by atoms with E-state index in [1.165, 1.54) is 16.9 Å². The summed E-state index contributed by atoms with van der Waals surface area (Å²) in [7, 11) is 1.64. The Morgan fingerprint density at radius 1 is 0.565 bits per heavy atom. The van der Waals surface area contributed by atoms with Crippen LogP contribution < -0.4 is 24.3 Å². The van der Waals surface area contributed by atoms with Gasteiger partial charge in [0.05, 0.1) is 24.2 Å². The first-order chi connectivity index (χ1) is 33.8. The predicted molar refractivity (Wildman–Crippen MR) is 258 cm³/mol. The van der Waals surface area contributed by atoms with Crippen LogP contribution in [0.5, 0.6) is 23.0 Å². The van der Waals surface area contributed by atoms with E-state index in [2.05, 4.69) is 20.7 Å². The van der Waals surface area contributed by atoms with Crippen molar-refractivity contribution in [2.45, 2.75) is 57.8 Å². The highest BCUT2D eigenvalue weighted by Crippen LogP contribution is 2.40. The monoisotopic (exact) mass is 919 g/mol. The molecule has 0 radical (unpaired) electrons. The molecule has 1 saturated carbocycles. The molecule has 1 heterocycles. The zero-order valence-electron chi connectivity index (χ0n) is 37.9. The maximum absolute atomic E-state index is 15.6. The molecule has 0 aliphatic heterocycles. The fourth-order valence-electron chi connectivity index (χ4n) is 8.09. The first-order valence-corrected chi connectivity index (χ1v) is 22.7. The number of ether oxygens (including phenoxy) is 5. The zero-order chi connectivity index (χ0) is 47.4. The highest BCUT2D eigenvalue weighted by Gasteiger charge is 2.34. The number of aryl methyl sites for hydroxylation is 1. The van der Waals surface area contributed by atoms with Crippen LogP contribution in [0.3, 0.4) is 0 Å². The van der Waals surface area contributed by atoms with Crippen molar-refractivity contribution in [3.8, 4) is 34.4 Å². The average Bonchev–Trinajstić information content (AvgIpc) is 4.04. The molecule has 9 rings (SSSR count). The number of nitrogens with zero attached hydrogens (tertiary/aromatic N) is 4. The molecular formula is C56H49N5O8. The maximum Gasteiger partial charge on any atom is 0.338 e. The number of benzene rings is 7. The third kappa shape index (κ3) is 11.5. The number of tetrazole rings is 1. The normalized spacial score (nSPS) is 14.1. The SMILES string of the molecule is Cn1nnc(-c2cccc(OCc3ccccc3)c2C(=O)c2c(OCc3ccccc3)cc(C(=O)OC3CCCC3NC(=O)c3ccc(OCc4ccccc4)cc3)cc2OCc2ccccc2)n1. The summed E-state index contributed by atoms with van der Waals surface area (Å²) >= 11 is 0. The quantitative estimate of drug-likeness (QED) is 0.0609.